The highest BCUT2D eigenvalue weighted by Gasteiger charge is 2.31. The molecule has 2 heteroatoms. The van der Waals surface area contributed by atoms with Crippen molar-refractivity contribution in [1.82, 2.24) is 4.90 Å². The van der Waals surface area contributed by atoms with Crippen molar-refractivity contribution < 1.29 is 0 Å². The van der Waals surface area contributed by atoms with Crippen LogP contribution in [0.2, 0.25) is 0 Å². The summed E-state index contributed by atoms with van der Waals surface area (Å²) >= 11 is 0. The first-order chi connectivity index (χ1) is 7.98. The highest BCUT2D eigenvalue weighted by Crippen LogP contribution is 2.37. The highest BCUT2D eigenvalue weighted by molar-refractivity contribution is 4.87. The Morgan fingerprint density at radius 3 is 2.29 bits per heavy atom. The summed E-state index contributed by atoms with van der Waals surface area (Å²) in [5, 5.41) is 0. The van der Waals surface area contributed by atoms with E-state index < -0.39 is 0 Å². The summed E-state index contributed by atoms with van der Waals surface area (Å²) in [6, 6.07) is 1.29. The Kier molecular flexibility index (Phi) is 4.14. The Morgan fingerprint density at radius 2 is 1.76 bits per heavy atom. The quantitative estimate of drug-likeness (QED) is 0.819. The van der Waals surface area contributed by atoms with Crippen molar-refractivity contribution in [3.05, 3.63) is 0 Å². The van der Waals surface area contributed by atoms with Crippen LogP contribution >= 0.6 is 0 Å². The summed E-state index contributed by atoms with van der Waals surface area (Å²) in [7, 11) is 2.31. The van der Waals surface area contributed by atoms with Gasteiger partial charge in [-0.1, -0.05) is 20.3 Å². The molecule has 0 spiro atoms. The molecule has 0 bridgehead atoms. The molecule has 0 aliphatic heterocycles. The summed E-state index contributed by atoms with van der Waals surface area (Å²) in [6.45, 7) is 6.05. The molecule has 0 heterocycles. The average molecular weight is 238 g/mol. The molecule has 0 aromatic rings. The van der Waals surface area contributed by atoms with Crippen LogP contribution in [0.3, 0.4) is 0 Å². The van der Waals surface area contributed by atoms with Crippen molar-refractivity contribution in [3.8, 4) is 0 Å². The van der Waals surface area contributed by atoms with E-state index in [9.17, 15) is 0 Å². The van der Waals surface area contributed by atoms with Gasteiger partial charge in [0.05, 0.1) is 0 Å². The number of hydrogen-bond acceptors (Lipinski definition) is 2. The Balaban J connectivity index is 1.78. The highest BCUT2D eigenvalue weighted by atomic mass is 15.1. The Morgan fingerprint density at radius 1 is 1.12 bits per heavy atom. The standard InChI is InChI=1S/C15H30N2/c1-15(2)9-7-13(8-10-15)17(3)11-12-5-4-6-14(12)16/h12-14H,4-11,16H2,1-3H3. The lowest BCUT2D eigenvalue weighted by Crippen LogP contribution is -2.42. The van der Waals surface area contributed by atoms with Crippen LogP contribution in [0.5, 0.6) is 0 Å². The van der Waals surface area contributed by atoms with Gasteiger partial charge in [0.2, 0.25) is 0 Å². The lowest BCUT2D eigenvalue weighted by Gasteiger charge is -2.39. The lowest BCUT2D eigenvalue weighted by molar-refractivity contribution is 0.113. The molecule has 2 unspecified atom stereocenters. The van der Waals surface area contributed by atoms with Crippen LogP contribution in [0.25, 0.3) is 0 Å². The fourth-order valence-electron chi connectivity index (χ4n) is 3.64. The van der Waals surface area contributed by atoms with Gasteiger partial charge < -0.3 is 10.6 Å². The van der Waals surface area contributed by atoms with Gasteiger partial charge in [-0.25, -0.2) is 0 Å². The largest absolute Gasteiger partial charge is 0.327 e. The summed E-state index contributed by atoms with van der Waals surface area (Å²) in [5.74, 6) is 0.759. The first kappa shape index (κ1) is 13.4. The fraction of sp³-hybridized carbons (Fsp3) is 1.00. The molecule has 2 N–H and O–H groups in total. The molecule has 0 aromatic carbocycles. The fourth-order valence-corrected chi connectivity index (χ4v) is 3.64. The van der Waals surface area contributed by atoms with E-state index in [4.69, 9.17) is 5.73 Å². The summed E-state index contributed by atoms with van der Waals surface area (Å²) < 4.78 is 0. The normalized spacial score (nSPS) is 34.4. The third kappa shape index (κ3) is 3.45. The van der Waals surface area contributed by atoms with Crippen LogP contribution in [0.4, 0.5) is 0 Å². The minimum Gasteiger partial charge on any atom is -0.327 e. The van der Waals surface area contributed by atoms with E-state index in [1.165, 1.54) is 51.5 Å². The van der Waals surface area contributed by atoms with E-state index in [-0.39, 0.29) is 0 Å². The Hall–Kier alpha value is -0.0800. The van der Waals surface area contributed by atoms with Crippen LogP contribution < -0.4 is 5.73 Å². The molecule has 0 saturated heterocycles. The zero-order valence-electron chi connectivity index (χ0n) is 11.9. The zero-order valence-corrected chi connectivity index (χ0v) is 11.9. The SMILES string of the molecule is CN(CC1CCCC1N)C1CCC(C)(C)CC1. The predicted octanol–water partition coefficient (Wildman–Crippen LogP) is 3.01. The molecule has 2 fully saturated rings. The molecule has 0 amide bonds. The van der Waals surface area contributed by atoms with Crippen molar-refractivity contribution in [2.75, 3.05) is 13.6 Å². The van der Waals surface area contributed by atoms with Crippen LogP contribution in [0.1, 0.15) is 58.8 Å². The second-order valence-corrected chi connectivity index (χ2v) is 7.19. The van der Waals surface area contributed by atoms with Crippen LogP contribution in [0.15, 0.2) is 0 Å². The van der Waals surface area contributed by atoms with Gasteiger partial charge in [0.1, 0.15) is 0 Å². The van der Waals surface area contributed by atoms with E-state index in [1.54, 1.807) is 0 Å². The molecule has 2 aliphatic carbocycles. The van der Waals surface area contributed by atoms with Gasteiger partial charge in [-0.3, -0.25) is 0 Å². The first-order valence-corrected chi connectivity index (χ1v) is 7.44. The summed E-state index contributed by atoms with van der Waals surface area (Å²) in [5.41, 5.74) is 6.76. The van der Waals surface area contributed by atoms with Gasteiger partial charge in [-0.2, -0.15) is 0 Å². The van der Waals surface area contributed by atoms with Crippen molar-refractivity contribution in [2.45, 2.75) is 70.9 Å². The van der Waals surface area contributed by atoms with E-state index in [0.717, 1.165) is 12.0 Å². The van der Waals surface area contributed by atoms with Gasteiger partial charge in [0.15, 0.2) is 0 Å². The second-order valence-electron chi connectivity index (χ2n) is 7.19. The molecule has 2 nitrogen and oxygen atoms in total. The number of nitrogens with two attached hydrogens (primary N) is 1. The maximum Gasteiger partial charge on any atom is 0.00927 e. The van der Waals surface area contributed by atoms with Gasteiger partial charge in [-0.15, -0.1) is 0 Å². The average Bonchev–Trinajstić information content (AvgIpc) is 2.64. The third-order valence-corrected chi connectivity index (χ3v) is 5.17. The monoisotopic (exact) mass is 238 g/mol. The Bertz CT molecular complexity index is 239. The predicted molar refractivity (Wildman–Crippen MR) is 74.0 cm³/mol. The zero-order chi connectivity index (χ0) is 12.5. The van der Waals surface area contributed by atoms with E-state index in [1.807, 2.05) is 0 Å². The molecule has 2 aliphatic rings. The smallest absolute Gasteiger partial charge is 0.00927 e. The number of hydrogen-bond donors (Lipinski definition) is 1. The molecular formula is C15H30N2. The number of nitrogens with zero attached hydrogens (tertiary/aromatic N) is 1. The maximum atomic E-state index is 6.17. The van der Waals surface area contributed by atoms with Crippen LogP contribution in [-0.4, -0.2) is 30.6 Å². The number of rotatable bonds is 3. The minimum atomic E-state index is 0.470. The van der Waals surface area contributed by atoms with Crippen molar-refractivity contribution in [3.63, 3.8) is 0 Å². The van der Waals surface area contributed by atoms with Crippen molar-refractivity contribution in [1.29, 1.82) is 0 Å². The summed E-state index contributed by atoms with van der Waals surface area (Å²) in [4.78, 5) is 2.60. The van der Waals surface area contributed by atoms with Gasteiger partial charge in [0, 0.05) is 18.6 Å². The molecule has 2 atom stereocenters. The molecule has 100 valence electrons. The van der Waals surface area contributed by atoms with Gasteiger partial charge >= 0.3 is 0 Å². The van der Waals surface area contributed by atoms with Crippen LogP contribution in [-0.2, 0) is 0 Å². The maximum absolute atomic E-state index is 6.17. The van der Waals surface area contributed by atoms with Crippen molar-refractivity contribution >= 4 is 0 Å². The van der Waals surface area contributed by atoms with E-state index >= 15 is 0 Å². The minimum absolute atomic E-state index is 0.470. The molecule has 0 aromatic heterocycles. The van der Waals surface area contributed by atoms with E-state index in [0.29, 0.717) is 11.5 Å². The molecular weight excluding hydrogens is 208 g/mol. The Labute approximate surface area is 107 Å². The lowest BCUT2D eigenvalue weighted by atomic mass is 9.75. The molecule has 2 saturated carbocycles. The third-order valence-electron chi connectivity index (χ3n) is 5.17. The molecule has 0 radical (unpaired) electrons. The second kappa shape index (κ2) is 5.27. The molecule has 17 heavy (non-hydrogen) atoms. The van der Waals surface area contributed by atoms with Crippen molar-refractivity contribution in [2.24, 2.45) is 17.1 Å². The summed E-state index contributed by atoms with van der Waals surface area (Å²) in [6.07, 6.45) is 9.48. The topological polar surface area (TPSA) is 29.3 Å². The van der Waals surface area contributed by atoms with Crippen LogP contribution in [0, 0.1) is 11.3 Å². The first-order valence-electron chi connectivity index (χ1n) is 7.44. The van der Waals surface area contributed by atoms with Gasteiger partial charge in [-0.05, 0) is 56.9 Å². The van der Waals surface area contributed by atoms with Gasteiger partial charge in [0.25, 0.3) is 0 Å². The molecule has 2 rings (SSSR count). The van der Waals surface area contributed by atoms with E-state index in [2.05, 4.69) is 25.8 Å².